The van der Waals surface area contributed by atoms with Crippen LogP contribution >= 0.6 is 0 Å². The first-order chi connectivity index (χ1) is 6.35. The zero-order valence-corrected chi connectivity index (χ0v) is 9.14. The van der Waals surface area contributed by atoms with Gasteiger partial charge in [-0.15, -0.1) is 0 Å². The zero-order valence-electron chi connectivity index (χ0n) is 9.14. The molecule has 0 aromatic rings. The summed E-state index contributed by atoms with van der Waals surface area (Å²) in [6.07, 6.45) is 3.68. The number of unbranched alkanes of at least 4 members (excludes halogenated alkanes) is 1. The van der Waals surface area contributed by atoms with Crippen molar-refractivity contribution in [1.29, 1.82) is 0 Å². The van der Waals surface area contributed by atoms with E-state index in [1.807, 2.05) is 7.05 Å². The van der Waals surface area contributed by atoms with Crippen molar-refractivity contribution in [3.8, 4) is 0 Å². The molecule has 0 amide bonds. The van der Waals surface area contributed by atoms with Crippen LogP contribution in [-0.4, -0.2) is 41.0 Å². The van der Waals surface area contributed by atoms with Crippen LogP contribution in [0.4, 0.5) is 0 Å². The van der Waals surface area contributed by atoms with Gasteiger partial charge in [0.1, 0.15) is 0 Å². The highest BCUT2D eigenvalue weighted by Crippen LogP contribution is 2.08. The Morgan fingerprint density at radius 2 is 1.69 bits per heavy atom. The van der Waals surface area contributed by atoms with Crippen LogP contribution in [0.25, 0.3) is 0 Å². The van der Waals surface area contributed by atoms with Crippen LogP contribution in [0.5, 0.6) is 0 Å². The first-order valence-corrected chi connectivity index (χ1v) is 4.97. The van der Waals surface area contributed by atoms with Gasteiger partial charge >= 0.3 is 0 Å². The predicted octanol–water partition coefficient (Wildman–Crippen LogP) is 1.29. The van der Waals surface area contributed by atoms with Crippen LogP contribution in [-0.2, 0) is 9.47 Å². The van der Waals surface area contributed by atoms with Crippen molar-refractivity contribution >= 4 is 0 Å². The predicted molar refractivity (Wildman–Crippen MR) is 55.0 cm³/mol. The van der Waals surface area contributed by atoms with Crippen molar-refractivity contribution in [2.24, 2.45) is 5.92 Å². The minimum absolute atomic E-state index is 0.562. The van der Waals surface area contributed by atoms with E-state index in [1.165, 1.54) is 19.3 Å². The van der Waals surface area contributed by atoms with E-state index in [0.717, 1.165) is 19.8 Å². The fourth-order valence-electron chi connectivity index (χ4n) is 1.42. The summed E-state index contributed by atoms with van der Waals surface area (Å²) in [5.41, 5.74) is 0. The summed E-state index contributed by atoms with van der Waals surface area (Å²) in [4.78, 5) is 0. The largest absolute Gasteiger partial charge is 0.384 e. The van der Waals surface area contributed by atoms with Gasteiger partial charge in [0.25, 0.3) is 0 Å². The van der Waals surface area contributed by atoms with Crippen molar-refractivity contribution < 1.29 is 9.47 Å². The smallest absolute Gasteiger partial charge is 0.0512 e. The maximum atomic E-state index is 5.12. The van der Waals surface area contributed by atoms with Crippen molar-refractivity contribution in [3.05, 3.63) is 0 Å². The molecule has 0 atom stereocenters. The lowest BCUT2D eigenvalue weighted by atomic mass is 10.0. The molecule has 0 aliphatic rings. The van der Waals surface area contributed by atoms with Gasteiger partial charge in [-0.2, -0.15) is 0 Å². The molecular weight excluding hydrogens is 166 g/mol. The van der Waals surface area contributed by atoms with E-state index in [4.69, 9.17) is 9.47 Å². The molecule has 0 spiro atoms. The van der Waals surface area contributed by atoms with E-state index in [-0.39, 0.29) is 0 Å². The molecule has 13 heavy (non-hydrogen) atoms. The summed E-state index contributed by atoms with van der Waals surface area (Å²) in [6, 6.07) is 0. The van der Waals surface area contributed by atoms with E-state index in [9.17, 15) is 0 Å². The lowest BCUT2D eigenvalue weighted by Crippen LogP contribution is -2.15. The van der Waals surface area contributed by atoms with Crippen LogP contribution in [0.3, 0.4) is 0 Å². The van der Waals surface area contributed by atoms with Crippen molar-refractivity contribution in [2.75, 3.05) is 41.0 Å². The Labute approximate surface area is 81.8 Å². The Balaban J connectivity index is 3.33. The number of methoxy groups -OCH3 is 2. The molecule has 0 aromatic heterocycles. The molecule has 0 aliphatic carbocycles. The molecule has 3 heteroatoms. The fraction of sp³-hybridized carbons (Fsp3) is 1.00. The van der Waals surface area contributed by atoms with Gasteiger partial charge in [0.15, 0.2) is 0 Å². The SMILES string of the molecule is CNCCCCC(COC)COC. The molecular formula is C10H23NO2. The van der Waals surface area contributed by atoms with Gasteiger partial charge < -0.3 is 14.8 Å². The lowest BCUT2D eigenvalue weighted by Gasteiger charge is -2.14. The van der Waals surface area contributed by atoms with Crippen molar-refractivity contribution in [2.45, 2.75) is 19.3 Å². The van der Waals surface area contributed by atoms with E-state index >= 15 is 0 Å². The molecule has 3 nitrogen and oxygen atoms in total. The second-order valence-corrected chi connectivity index (χ2v) is 3.38. The van der Waals surface area contributed by atoms with E-state index < -0.39 is 0 Å². The van der Waals surface area contributed by atoms with Gasteiger partial charge in [0.2, 0.25) is 0 Å². The number of ether oxygens (including phenoxy) is 2. The Bertz CT molecular complexity index is 92.9. The second-order valence-electron chi connectivity index (χ2n) is 3.38. The molecule has 0 saturated heterocycles. The molecule has 0 fully saturated rings. The highest BCUT2D eigenvalue weighted by molar-refractivity contribution is 4.57. The standard InChI is InChI=1S/C10H23NO2/c1-11-7-5-4-6-10(8-12-2)9-13-3/h10-11H,4-9H2,1-3H3. The average molecular weight is 189 g/mol. The molecule has 0 rings (SSSR count). The van der Waals surface area contributed by atoms with E-state index in [2.05, 4.69) is 5.32 Å². The lowest BCUT2D eigenvalue weighted by molar-refractivity contribution is 0.0793. The fourth-order valence-corrected chi connectivity index (χ4v) is 1.42. The van der Waals surface area contributed by atoms with Crippen LogP contribution in [0, 0.1) is 5.92 Å². The summed E-state index contributed by atoms with van der Waals surface area (Å²) in [7, 11) is 5.48. The van der Waals surface area contributed by atoms with Gasteiger partial charge in [-0.3, -0.25) is 0 Å². The van der Waals surface area contributed by atoms with Gasteiger partial charge in [-0.25, -0.2) is 0 Å². The Morgan fingerprint density at radius 3 is 2.15 bits per heavy atom. The summed E-state index contributed by atoms with van der Waals surface area (Å²) in [5, 5.41) is 3.14. The van der Waals surface area contributed by atoms with Crippen LogP contribution < -0.4 is 5.32 Å². The Kier molecular flexibility index (Phi) is 9.87. The highest BCUT2D eigenvalue weighted by Gasteiger charge is 2.06. The zero-order chi connectivity index (χ0) is 9.94. The van der Waals surface area contributed by atoms with Crippen LogP contribution in [0.2, 0.25) is 0 Å². The van der Waals surface area contributed by atoms with Gasteiger partial charge in [-0.05, 0) is 26.4 Å². The van der Waals surface area contributed by atoms with Crippen molar-refractivity contribution in [3.63, 3.8) is 0 Å². The molecule has 0 heterocycles. The monoisotopic (exact) mass is 189 g/mol. The van der Waals surface area contributed by atoms with Gasteiger partial charge in [0, 0.05) is 20.1 Å². The first kappa shape index (κ1) is 12.9. The summed E-state index contributed by atoms with van der Waals surface area (Å²) in [6.45, 7) is 2.73. The minimum atomic E-state index is 0.562. The molecule has 0 aliphatic heterocycles. The second kappa shape index (κ2) is 9.96. The molecule has 0 saturated carbocycles. The average Bonchev–Trinajstić information content (AvgIpc) is 2.13. The maximum absolute atomic E-state index is 5.12. The molecule has 0 aromatic carbocycles. The molecule has 0 radical (unpaired) electrons. The van der Waals surface area contributed by atoms with Gasteiger partial charge in [0.05, 0.1) is 13.2 Å². The van der Waals surface area contributed by atoms with E-state index in [0.29, 0.717) is 5.92 Å². The normalized spacial score (nSPS) is 11.1. The van der Waals surface area contributed by atoms with Gasteiger partial charge in [-0.1, -0.05) is 6.42 Å². The Morgan fingerprint density at radius 1 is 1.08 bits per heavy atom. The third kappa shape index (κ3) is 8.22. The number of rotatable bonds is 9. The van der Waals surface area contributed by atoms with Crippen LogP contribution in [0.15, 0.2) is 0 Å². The summed E-state index contributed by atoms with van der Waals surface area (Å²) < 4.78 is 10.2. The van der Waals surface area contributed by atoms with E-state index in [1.54, 1.807) is 14.2 Å². The summed E-state index contributed by atoms with van der Waals surface area (Å²) >= 11 is 0. The topological polar surface area (TPSA) is 30.5 Å². The summed E-state index contributed by atoms with van der Waals surface area (Å²) in [5.74, 6) is 0.562. The number of hydrogen-bond acceptors (Lipinski definition) is 3. The Hall–Kier alpha value is -0.120. The maximum Gasteiger partial charge on any atom is 0.0512 e. The number of hydrogen-bond donors (Lipinski definition) is 1. The van der Waals surface area contributed by atoms with Crippen LogP contribution in [0.1, 0.15) is 19.3 Å². The first-order valence-electron chi connectivity index (χ1n) is 4.97. The van der Waals surface area contributed by atoms with Crippen molar-refractivity contribution in [1.82, 2.24) is 5.32 Å². The third-order valence-corrected chi connectivity index (χ3v) is 2.09. The molecule has 0 bridgehead atoms. The number of nitrogens with one attached hydrogen (secondary N) is 1. The molecule has 1 N–H and O–H groups in total. The molecule has 0 unspecified atom stereocenters. The minimum Gasteiger partial charge on any atom is -0.384 e. The third-order valence-electron chi connectivity index (χ3n) is 2.09. The molecule has 80 valence electrons. The highest BCUT2D eigenvalue weighted by atomic mass is 16.5. The quantitative estimate of drug-likeness (QED) is 0.554.